The largest absolute Gasteiger partial charge is 0.325 e. The Morgan fingerprint density at radius 1 is 0.923 bits per heavy atom. The molecular formula is C19H17ClN2O3S. The van der Waals surface area contributed by atoms with Crippen molar-refractivity contribution in [2.24, 2.45) is 0 Å². The van der Waals surface area contributed by atoms with Crippen LogP contribution in [0.3, 0.4) is 0 Å². The molecule has 0 heterocycles. The van der Waals surface area contributed by atoms with E-state index in [0.717, 1.165) is 10.8 Å². The number of amides is 1. The molecule has 3 rings (SSSR count). The van der Waals surface area contributed by atoms with Crippen LogP contribution in [0.25, 0.3) is 10.8 Å². The van der Waals surface area contributed by atoms with Gasteiger partial charge in [0.15, 0.2) is 0 Å². The third-order valence-corrected chi connectivity index (χ3v) is 5.31. The van der Waals surface area contributed by atoms with Gasteiger partial charge in [0.25, 0.3) is 0 Å². The Hall–Kier alpha value is -2.41. The summed E-state index contributed by atoms with van der Waals surface area (Å²) in [4.78, 5) is 12.0. The average Bonchev–Trinajstić information content (AvgIpc) is 2.62. The van der Waals surface area contributed by atoms with Gasteiger partial charge in [0.05, 0.1) is 12.3 Å². The van der Waals surface area contributed by atoms with Gasteiger partial charge in [0.2, 0.25) is 15.9 Å². The summed E-state index contributed by atoms with van der Waals surface area (Å²) >= 11 is 5.78. The molecule has 5 nitrogen and oxygen atoms in total. The van der Waals surface area contributed by atoms with Gasteiger partial charge in [-0.3, -0.25) is 4.79 Å². The van der Waals surface area contributed by atoms with Gasteiger partial charge in [-0.25, -0.2) is 13.1 Å². The third kappa shape index (κ3) is 5.05. The average molecular weight is 389 g/mol. The standard InChI is InChI=1S/C19H17ClN2O3S/c20-17-8-5-14(6-9-17)13-26(24,25)21-12-19(23)22-18-10-7-15-3-1-2-4-16(15)11-18/h1-11,21H,12-13H2,(H,22,23). The van der Waals surface area contributed by atoms with Crippen LogP contribution < -0.4 is 10.0 Å². The van der Waals surface area contributed by atoms with Crippen LogP contribution in [-0.4, -0.2) is 20.9 Å². The van der Waals surface area contributed by atoms with Crippen molar-refractivity contribution in [1.29, 1.82) is 0 Å². The van der Waals surface area contributed by atoms with Crippen LogP contribution in [0.1, 0.15) is 5.56 Å². The molecule has 0 radical (unpaired) electrons. The summed E-state index contributed by atoms with van der Waals surface area (Å²) in [7, 11) is -3.62. The van der Waals surface area contributed by atoms with E-state index in [-0.39, 0.29) is 12.3 Å². The lowest BCUT2D eigenvalue weighted by Gasteiger charge is -2.09. The van der Waals surface area contributed by atoms with Crippen LogP contribution in [0.5, 0.6) is 0 Å². The Labute approximate surface area is 157 Å². The molecule has 3 aromatic carbocycles. The van der Waals surface area contributed by atoms with Crippen LogP contribution in [-0.2, 0) is 20.6 Å². The molecule has 0 saturated carbocycles. The number of hydrogen-bond acceptors (Lipinski definition) is 3. The lowest BCUT2D eigenvalue weighted by Crippen LogP contribution is -2.33. The molecule has 7 heteroatoms. The van der Waals surface area contributed by atoms with E-state index in [2.05, 4.69) is 10.0 Å². The topological polar surface area (TPSA) is 75.3 Å². The first kappa shape index (κ1) is 18.4. The summed E-state index contributed by atoms with van der Waals surface area (Å²) in [5, 5.41) is 5.29. The molecule has 0 unspecified atom stereocenters. The third-order valence-electron chi connectivity index (χ3n) is 3.76. The summed E-state index contributed by atoms with van der Waals surface area (Å²) in [6.45, 7) is -0.331. The summed E-state index contributed by atoms with van der Waals surface area (Å²) in [6, 6.07) is 19.8. The van der Waals surface area contributed by atoms with Crippen molar-refractivity contribution in [3.05, 3.63) is 77.3 Å². The van der Waals surface area contributed by atoms with Gasteiger partial charge >= 0.3 is 0 Å². The maximum absolute atomic E-state index is 12.1. The summed E-state index contributed by atoms with van der Waals surface area (Å²) in [5.74, 6) is -0.645. The van der Waals surface area contributed by atoms with Crippen molar-refractivity contribution in [3.8, 4) is 0 Å². The van der Waals surface area contributed by atoms with Gasteiger partial charge in [-0.1, -0.05) is 54.1 Å². The van der Waals surface area contributed by atoms with E-state index in [1.807, 2.05) is 36.4 Å². The lowest BCUT2D eigenvalue weighted by atomic mass is 10.1. The molecule has 0 atom stereocenters. The zero-order chi connectivity index (χ0) is 18.6. The zero-order valence-electron chi connectivity index (χ0n) is 13.8. The second-order valence-electron chi connectivity index (χ2n) is 5.82. The molecule has 3 aromatic rings. The second-order valence-corrected chi connectivity index (χ2v) is 8.06. The first-order chi connectivity index (χ1) is 12.4. The molecule has 0 aliphatic rings. The van der Waals surface area contributed by atoms with Gasteiger partial charge in [-0.2, -0.15) is 0 Å². The minimum atomic E-state index is -3.62. The summed E-state index contributed by atoms with van der Waals surface area (Å²) in [5.41, 5.74) is 1.21. The van der Waals surface area contributed by atoms with E-state index >= 15 is 0 Å². The molecule has 26 heavy (non-hydrogen) atoms. The van der Waals surface area contributed by atoms with E-state index in [9.17, 15) is 13.2 Å². The van der Waals surface area contributed by atoms with Gasteiger partial charge in [0.1, 0.15) is 0 Å². The molecular weight excluding hydrogens is 372 g/mol. The van der Waals surface area contributed by atoms with Gasteiger partial charge in [0, 0.05) is 10.7 Å². The van der Waals surface area contributed by atoms with Crippen molar-refractivity contribution in [3.63, 3.8) is 0 Å². The predicted molar refractivity (Wildman–Crippen MR) is 105 cm³/mol. The molecule has 134 valence electrons. The smallest absolute Gasteiger partial charge is 0.239 e. The minimum absolute atomic E-state index is 0.215. The van der Waals surface area contributed by atoms with Crippen LogP contribution in [0.4, 0.5) is 5.69 Å². The SMILES string of the molecule is O=C(CNS(=O)(=O)Cc1ccc(Cl)cc1)Nc1ccc2ccccc2c1. The number of rotatable bonds is 6. The van der Waals surface area contributed by atoms with Crippen molar-refractivity contribution >= 4 is 44.0 Å². The lowest BCUT2D eigenvalue weighted by molar-refractivity contribution is -0.115. The zero-order valence-corrected chi connectivity index (χ0v) is 15.3. The van der Waals surface area contributed by atoms with E-state index in [4.69, 9.17) is 11.6 Å². The van der Waals surface area contributed by atoms with E-state index in [1.165, 1.54) is 0 Å². The van der Waals surface area contributed by atoms with E-state index in [1.54, 1.807) is 30.3 Å². The second kappa shape index (κ2) is 7.86. The number of anilines is 1. The van der Waals surface area contributed by atoms with Crippen LogP contribution in [0.15, 0.2) is 66.7 Å². The first-order valence-corrected chi connectivity index (χ1v) is 9.95. The maximum atomic E-state index is 12.1. The van der Waals surface area contributed by atoms with Crippen molar-refractivity contribution < 1.29 is 13.2 Å². The molecule has 0 bridgehead atoms. The number of carbonyl (C=O) groups is 1. The number of nitrogens with one attached hydrogen (secondary N) is 2. The Morgan fingerprint density at radius 2 is 1.62 bits per heavy atom. The normalized spacial score (nSPS) is 11.4. The highest BCUT2D eigenvalue weighted by atomic mass is 35.5. The molecule has 2 N–H and O–H groups in total. The number of benzene rings is 3. The monoisotopic (exact) mass is 388 g/mol. The Morgan fingerprint density at radius 3 is 2.35 bits per heavy atom. The molecule has 0 spiro atoms. The quantitative estimate of drug-likeness (QED) is 0.678. The van der Waals surface area contributed by atoms with Gasteiger partial charge in [-0.05, 0) is 40.6 Å². The fourth-order valence-corrected chi connectivity index (χ4v) is 3.71. The highest BCUT2D eigenvalue weighted by Gasteiger charge is 2.13. The van der Waals surface area contributed by atoms with Gasteiger partial charge < -0.3 is 5.32 Å². The van der Waals surface area contributed by atoms with Crippen molar-refractivity contribution in [1.82, 2.24) is 4.72 Å². The number of carbonyl (C=O) groups excluding carboxylic acids is 1. The Kier molecular flexibility index (Phi) is 5.56. The summed E-state index contributed by atoms with van der Waals surface area (Å²) < 4.78 is 26.5. The molecule has 0 saturated heterocycles. The molecule has 1 amide bonds. The van der Waals surface area contributed by atoms with E-state index < -0.39 is 15.9 Å². The molecule has 0 aliphatic heterocycles. The molecule has 0 fully saturated rings. The number of halogens is 1. The fraction of sp³-hybridized carbons (Fsp3) is 0.105. The number of sulfonamides is 1. The Balaban J connectivity index is 1.57. The van der Waals surface area contributed by atoms with Crippen molar-refractivity contribution in [2.45, 2.75) is 5.75 Å². The Bertz CT molecular complexity index is 1030. The van der Waals surface area contributed by atoms with Crippen LogP contribution in [0.2, 0.25) is 5.02 Å². The van der Waals surface area contributed by atoms with Crippen LogP contribution in [0, 0.1) is 0 Å². The van der Waals surface area contributed by atoms with Gasteiger partial charge in [-0.15, -0.1) is 0 Å². The predicted octanol–water partition coefficient (Wildman–Crippen LogP) is 3.55. The highest BCUT2D eigenvalue weighted by Crippen LogP contribution is 2.18. The fourth-order valence-electron chi connectivity index (χ4n) is 2.50. The molecule has 0 aromatic heterocycles. The van der Waals surface area contributed by atoms with Crippen LogP contribution >= 0.6 is 11.6 Å². The number of fused-ring (bicyclic) bond motifs is 1. The summed E-state index contributed by atoms with van der Waals surface area (Å²) in [6.07, 6.45) is 0. The molecule has 0 aliphatic carbocycles. The van der Waals surface area contributed by atoms with Crippen molar-refractivity contribution in [2.75, 3.05) is 11.9 Å². The highest BCUT2D eigenvalue weighted by molar-refractivity contribution is 7.88. The first-order valence-electron chi connectivity index (χ1n) is 7.92. The number of hydrogen-bond donors (Lipinski definition) is 2. The maximum Gasteiger partial charge on any atom is 0.239 e. The minimum Gasteiger partial charge on any atom is -0.325 e. The van der Waals surface area contributed by atoms with E-state index in [0.29, 0.717) is 16.3 Å².